The highest BCUT2D eigenvalue weighted by molar-refractivity contribution is 7.63. The molecule has 6 nitrogen and oxygen atoms in total. The minimum atomic E-state index is -2.65. The summed E-state index contributed by atoms with van der Waals surface area (Å²) in [7, 11) is -2.16. The van der Waals surface area contributed by atoms with Crippen molar-refractivity contribution >= 4 is 26.3 Å². The largest absolute Gasteiger partial charge is 0.327 e. The van der Waals surface area contributed by atoms with Crippen LogP contribution >= 0.6 is 14.7 Å². The second kappa shape index (κ2) is 15.7. The molecule has 2 fully saturated rings. The van der Waals surface area contributed by atoms with Crippen LogP contribution in [0.1, 0.15) is 59.3 Å². The van der Waals surface area contributed by atoms with Gasteiger partial charge in [0, 0.05) is 57.4 Å². The van der Waals surface area contributed by atoms with Crippen LogP contribution in [0, 0.1) is 47.4 Å². The molecule has 188 valence electrons. The van der Waals surface area contributed by atoms with Crippen molar-refractivity contribution in [3.05, 3.63) is 0 Å². The Bertz CT molecular complexity index is 836. The van der Waals surface area contributed by atoms with Gasteiger partial charge in [0.15, 0.2) is 0 Å². The van der Waals surface area contributed by atoms with Gasteiger partial charge in [0.2, 0.25) is 0 Å². The zero-order valence-electron chi connectivity index (χ0n) is 21.6. The average Bonchev–Trinajstić information content (AvgIpc) is 3.63. The zero-order chi connectivity index (χ0) is 25.7. The van der Waals surface area contributed by atoms with Gasteiger partial charge in [-0.15, -0.1) is 11.8 Å². The van der Waals surface area contributed by atoms with Gasteiger partial charge in [0.1, 0.15) is 11.6 Å². The summed E-state index contributed by atoms with van der Waals surface area (Å²) in [6.45, 7) is 10.2. The molecule has 0 aliphatic heterocycles. The predicted molar refractivity (Wildman–Crippen MR) is 136 cm³/mol. The van der Waals surface area contributed by atoms with Gasteiger partial charge in [0.25, 0.3) is 0 Å². The summed E-state index contributed by atoms with van der Waals surface area (Å²) in [6.07, 6.45) is 6.55. The molecule has 2 atom stereocenters. The third kappa shape index (κ3) is 20.0. The van der Waals surface area contributed by atoms with Crippen LogP contribution in [0.2, 0.25) is 0 Å². The first-order valence-electron chi connectivity index (χ1n) is 11.4. The molecule has 0 radical (unpaired) electrons. The van der Waals surface area contributed by atoms with Crippen molar-refractivity contribution in [1.82, 2.24) is 0 Å². The van der Waals surface area contributed by atoms with E-state index in [1.807, 2.05) is 13.8 Å². The van der Waals surface area contributed by atoms with Crippen LogP contribution in [0.5, 0.6) is 0 Å². The molecule has 0 aromatic heterocycles. The van der Waals surface area contributed by atoms with Crippen molar-refractivity contribution in [3.8, 4) is 23.7 Å². The van der Waals surface area contributed by atoms with Gasteiger partial charge < -0.3 is 13.6 Å². The molecule has 8 heteroatoms. The van der Waals surface area contributed by atoms with Gasteiger partial charge >= 0.3 is 7.60 Å². The monoisotopic (exact) mass is 500 g/mol. The van der Waals surface area contributed by atoms with Crippen molar-refractivity contribution in [2.24, 2.45) is 23.7 Å². The summed E-state index contributed by atoms with van der Waals surface area (Å²) < 4.78 is 30.8. The molecule has 0 bridgehead atoms. The topological polar surface area (TPSA) is 86.7 Å². The molecular weight excluding hydrogens is 458 g/mol. The molecule has 2 rings (SSSR count). The van der Waals surface area contributed by atoms with Crippen LogP contribution in [0.25, 0.3) is 0 Å². The molecule has 0 aromatic carbocycles. The fourth-order valence-corrected chi connectivity index (χ4v) is 3.24. The maximum Gasteiger partial charge on any atom is 0.327 e. The van der Waals surface area contributed by atoms with Gasteiger partial charge in [-0.05, 0) is 45.9 Å². The van der Waals surface area contributed by atoms with Crippen LogP contribution in [0.4, 0.5) is 0 Å². The average molecular weight is 501 g/mol. The first-order chi connectivity index (χ1) is 15.2. The number of carbonyl (C=O) groups is 2. The van der Waals surface area contributed by atoms with E-state index in [4.69, 9.17) is 0 Å². The Labute approximate surface area is 201 Å². The minimum absolute atomic E-state index is 0.0653. The van der Waals surface area contributed by atoms with Gasteiger partial charge in [-0.2, -0.15) is 0 Å². The molecule has 0 aromatic rings. The van der Waals surface area contributed by atoms with E-state index in [-0.39, 0.29) is 29.6 Å². The van der Waals surface area contributed by atoms with Crippen molar-refractivity contribution in [2.75, 3.05) is 40.4 Å². The molecule has 33 heavy (non-hydrogen) atoms. The van der Waals surface area contributed by atoms with Gasteiger partial charge in [-0.3, -0.25) is 14.2 Å². The normalized spacial score (nSPS) is 16.7. The Morgan fingerprint density at radius 3 is 1.52 bits per heavy atom. The molecule has 2 aliphatic rings. The summed E-state index contributed by atoms with van der Waals surface area (Å²) in [5.41, 5.74) is 0. The van der Waals surface area contributed by atoms with E-state index in [2.05, 4.69) is 32.7 Å². The van der Waals surface area contributed by atoms with E-state index in [9.17, 15) is 18.7 Å². The van der Waals surface area contributed by atoms with Gasteiger partial charge in [-0.1, -0.05) is 25.7 Å². The standard InChI is InChI=1S/C12H19O2P.C10H14O.C3H9O3P/c1-10(5-4-6-11-7-8-11)12(13)9-15(2,3)14;1-8(9(2)11)4-3-5-10-6-7-10;1-5-7(3,4)6-2/h10-11H,5,7-9H2,1-3H3;8,10H,4,6-7H2,1-2H3;1-3H3/t10-;8-;/m00./s1. The molecule has 0 spiro atoms. The Hall–Kier alpha value is -1.16. The van der Waals surface area contributed by atoms with Crippen molar-refractivity contribution in [1.29, 1.82) is 0 Å². The number of hydrogen-bond donors (Lipinski definition) is 0. The highest BCUT2D eigenvalue weighted by Gasteiger charge is 2.20. The van der Waals surface area contributed by atoms with Crippen molar-refractivity contribution in [3.63, 3.8) is 0 Å². The summed E-state index contributed by atoms with van der Waals surface area (Å²) in [4.78, 5) is 22.4. The lowest BCUT2D eigenvalue weighted by molar-refractivity contribution is -0.120. The summed E-state index contributed by atoms with van der Waals surface area (Å²) in [6, 6.07) is 0. The van der Waals surface area contributed by atoms with E-state index in [0.29, 0.717) is 18.3 Å². The molecule has 0 saturated heterocycles. The number of ketones is 2. The maximum absolute atomic E-state index is 11.6. The lowest BCUT2D eigenvalue weighted by Gasteiger charge is -2.09. The smallest absolute Gasteiger partial charge is 0.324 e. The predicted octanol–water partition coefficient (Wildman–Crippen LogP) is 5.73. The fraction of sp³-hybridized carbons (Fsp3) is 0.760. The van der Waals surface area contributed by atoms with E-state index in [1.165, 1.54) is 46.6 Å². The highest BCUT2D eigenvalue weighted by Crippen LogP contribution is 2.41. The number of rotatable bonds is 8. The third-order valence-corrected chi connectivity index (χ3v) is 7.43. The number of carbonyl (C=O) groups excluding carboxylic acids is 2. The minimum Gasteiger partial charge on any atom is -0.324 e. The molecule has 0 unspecified atom stereocenters. The van der Waals surface area contributed by atoms with E-state index < -0.39 is 14.7 Å². The highest BCUT2D eigenvalue weighted by atomic mass is 31.2. The molecule has 2 aliphatic carbocycles. The van der Waals surface area contributed by atoms with Crippen molar-refractivity contribution in [2.45, 2.75) is 59.3 Å². The van der Waals surface area contributed by atoms with E-state index in [0.717, 1.165) is 6.42 Å². The van der Waals surface area contributed by atoms with Gasteiger partial charge in [0.05, 0.1) is 13.3 Å². The number of Topliss-reactive ketones (excluding diaryl/α,β-unsaturated/α-hetero) is 2. The Kier molecular flexibility index (Phi) is 15.1. The first-order valence-corrected chi connectivity index (χ1v) is 16.2. The lowest BCUT2D eigenvalue weighted by Crippen LogP contribution is -2.14. The third-order valence-electron chi connectivity index (χ3n) is 5.03. The molecule has 0 heterocycles. The molecular formula is C25H42O6P2. The van der Waals surface area contributed by atoms with E-state index in [1.54, 1.807) is 20.3 Å². The Morgan fingerprint density at radius 2 is 1.24 bits per heavy atom. The Morgan fingerprint density at radius 1 is 0.848 bits per heavy atom. The SMILES string of the molecule is CC(=O)[C@@H](C)CC#CC1CC1.COP(C)(=O)OC.C[C@@H](CC#CC1CC1)C(=O)CP(C)(C)=O. The van der Waals surface area contributed by atoms with E-state index >= 15 is 0 Å². The molecule has 0 N–H and O–H groups in total. The first kappa shape index (κ1) is 31.8. The molecule has 2 saturated carbocycles. The van der Waals surface area contributed by atoms with Crippen LogP contribution in [-0.4, -0.2) is 51.9 Å². The summed E-state index contributed by atoms with van der Waals surface area (Å²) >= 11 is 0. The van der Waals surface area contributed by atoms with Crippen LogP contribution < -0.4 is 0 Å². The maximum atomic E-state index is 11.6. The van der Waals surface area contributed by atoms with Crippen molar-refractivity contribution < 1.29 is 27.8 Å². The lowest BCUT2D eigenvalue weighted by atomic mass is 10.0. The van der Waals surface area contributed by atoms with Crippen LogP contribution in [-0.2, 0) is 27.8 Å². The summed E-state index contributed by atoms with van der Waals surface area (Å²) in [5.74, 6) is 14.0. The second-order valence-corrected chi connectivity index (χ2v) is 15.1. The Balaban J connectivity index is 0.000000501. The van der Waals surface area contributed by atoms with Crippen LogP contribution in [0.3, 0.4) is 0 Å². The number of hydrogen-bond acceptors (Lipinski definition) is 6. The quantitative estimate of drug-likeness (QED) is 0.312. The van der Waals surface area contributed by atoms with Gasteiger partial charge in [-0.25, -0.2) is 0 Å². The second-order valence-electron chi connectivity index (χ2n) is 9.35. The zero-order valence-corrected chi connectivity index (χ0v) is 23.4. The summed E-state index contributed by atoms with van der Waals surface area (Å²) in [5, 5.41) is 0. The van der Waals surface area contributed by atoms with Crippen LogP contribution in [0.15, 0.2) is 0 Å². The fourth-order valence-electron chi connectivity index (χ4n) is 2.03. The molecule has 0 amide bonds.